The first-order valence-corrected chi connectivity index (χ1v) is 17.7. The van der Waals surface area contributed by atoms with Crippen LogP contribution in [-0.2, 0) is 36.9 Å². The molecule has 2 fully saturated rings. The van der Waals surface area contributed by atoms with Gasteiger partial charge in [0, 0.05) is 17.4 Å². The fourth-order valence-corrected chi connectivity index (χ4v) is 9.46. The number of alkyl halides is 6. The highest BCUT2D eigenvalue weighted by atomic mass is 19.4. The van der Waals surface area contributed by atoms with Crippen molar-refractivity contribution in [1.29, 1.82) is 0 Å². The number of nitrogens with zero attached hydrogens (tertiary/aromatic N) is 1. The Morgan fingerprint density at radius 1 is 0.768 bits per heavy atom. The van der Waals surface area contributed by atoms with Gasteiger partial charge in [0.25, 0.3) is 0 Å². The first kappa shape index (κ1) is 37.0. The number of ether oxygens (including phenoxy) is 1. The largest absolute Gasteiger partial charge is 0.504 e. The van der Waals surface area contributed by atoms with E-state index in [1.807, 2.05) is 0 Å². The van der Waals surface area contributed by atoms with Crippen LogP contribution < -0.4 is 9.64 Å². The molecule has 0 spiro atoms. The maximum atomic E-state index is 15.1. The molecule has 286 valence electrons. The van der Waals surface area contributed by atoms with Crippen LogP contribution in [0.3, 0.4) is 0 Å². The molecule has 4 aromatic rings. The van der Waals surface area contributed by atoms with Gasteiger partial charge < -0.3 is 9.84 Å². The minimum Gasteiger partial charge on any atom is -0.504 e. The summed E-state index contributed by atoms with van der Waals surface area (Å²) >= 11 is 0. The van der Waals surface area contributed by atoms with Crippen LogP contribution in [-0.4, -0.2) is 35.6 Å². The zero-order valence-corrected chi connectivity index (χ0v) is 29.4. The van der Waals surface area contributed by atoms with Crippen LogP contribution in [0.1, 0.15) is 46.6 Å². The maximum absolute atomic E-state index is 15.1. The van der Waals surface area contributed by atoms with Crippen molar-refractivity contribution >= 4 is 34.6 Å². The summed E-state index contributed by atoms with van der Waals surface area (Å²) in [4.78, 5) is 59.1. The number of phenolic OH excluding ortho intramolecular Hbond substituents is 1. The second-order valence-electron chi connectivity index (χ2n) is 14.5. The summed E-state index contributed by atoms with van der Waals surface area (Å²) in [7, 11) is 1.35. The number of imide groups is 1. The zero-order chi connectivity index (χ0) is 39.9. The van der Waals surface area contributed by atoms with Crippen LogP contribution >= 0.6 is 0 Å². The molecule has 4 aromatic carbocycles. The molecule has 1 saturated heterocycles. The topological polar surface area (TPSA) is 101 Å². The molecule has 0 bridgehead atoms. The summed E-state index contributed by atoms with van der Waals surface area (Å²) in [6, 6.07) is 22.3. The van der Waals surface area contributed by atoms with Crippen molar-refractivity contribution in [2.24, 2.45) is 23.7 Å². The highest BCUT2D eigenvalue weighted by molar-refractivity contribution is 6.32. The van der Waals surface area contributed by atoms with Crippen molar-refractivity contribution in [3.05, 3.63) is 143 Å². The van der Waals surface area contributed by atoms with Crippen molar-refractivity contribution in [1.82, 2.24) is 0 Å². The highest BCUT2D eigenvalue weighted by Crippen LogP contribution is 2.64. The second-order valence-corrected chi connectivity index (χ2v) is 14.5. The molecular formula is C43H31F6NO6. The molecule has 56 heavy (non-hydrogen) atoms. The third-order valence-corrected chi connectivity index (χ3v) is 11.7. The average molecular weight is 772 g/mol. The summed E-state index contributed by atoms with van der Waals surface area (Å²) in [5.41, 5.74) is -3.95. The Labute approximate surface area is 315 Å². The highest BCUT2D eigenvalue weighted by Gasteiger charge is 2.66. The number of hydrogen-bond donors (Lipinski definition) is 1. The lowest BCUT2D eigenvalue weighted by molar-refractivity contribution is -0.143. The molecule has 1 saturated carbocycles. The second kappa shape index (κ2) is 13.1. The smallest absolute Gasteiger partial charge is 0.416 e. The molecule has 8 rings (SSSR count). The number of methoxy groups -OCH3 is 1. The summed E-state index contributed by atoms with van der Waals surface area (Å²) in [6.07, 6.45) is -7.75. The van der Waals surface area contributed by atoms with E-state index in [-0.39, 0.29) is 36.0 Å². The Morgan fingerprint density at radius 2 is 1.39 bits per heavy atom. The number of rotatable bonds is 5. The zero-order valence-electron chi connectivity index (χ0n) is 29.4. The van der Waals surface area contributed by atoms with Gasteiger partial charge >= 0.3 is 12.4 Å². The molecule has 4 aliphatic rings. The minimum absolute atomic E-state index is 0.0794. The Balaban J connectivity index is 1.33. The van der Waals surface area contributed by atoms with Crippen molar-refractivity contribution in [2.75, 3.05) is 12.0 Å². The van der Waals surface area contributed by atoms with Gasteiger partial charge in [-0.25, -0.2) is 4.90 Å². The number of carbonyl (C=O) groups excluding carboxylic acids is 4. The minimum atomic E-state index is -5.23. The number of ketones is 2. The molecule has 3 aliphatic carbocycles. The number of aromatic hydroxyl groups is 1. The van der Waals surface area contributed by atoms with Crippen LogP contribution in [0.4, 0.5) is 32.0 Å². The van der Waals surface area contributed by atoms with E-state index >= 15 is 9.59 Å². The predicted molar refractivity (Wildman–Crippen MR) is 190 cm³/mol. The molecule has 0 aromatic heterocycles. The van der Waals surface area contributed by atoms with Gasteiger partial charge in [0.1, 0.15) is 0 Å². The first-order valence-electron chi connectivity index (χ1n) is 17.7. The van der Waals surface area contributed by atoms with Gasteiger partial charge in [-0.1, -0.05) is 78.4 Å². The summed E-state index contributed by atoms with van der Waals surface area (Å²) in [5, 5.41) is 11.1. The lowest BCUT2D eigenvalue weighted by Crippen LogP contribution is -2.58. The number of fused-ring (bicyclic) bond motifs is 4. The Morgan fingerprint density at radius 3 is 1.98 bits per heavy atom. The number of benzene rings is 4. The quantitative estimate of drug-likeness (QED) is 0.124. The number of phenols is 1. The van der Waals surface area contributed by atoms with Crippen LogP contribution in [0.25, 0.3) is 5.57 Å². The molecule has 1 aliphatic heterocycles. The molecule has 6 atom stereocenters. The Bertz CT molecular complexity index is 2340. The summed E-state index contributed by atoms with van der Waals surface area (Å²) < 4.78 is 88.8. The van der Waals surface area contributed by atoms with Gasteiger partial charge in [-0.3, -0.25) is 19.2 Å². The van der Waals surface area contributed by atoms with Gasteiger partial charge in [0.2, 0.25) is 11.8 Å². The van der Waals surface area contributed by atoms with E-state index in [1.165, 1.54) is 25.3 Å². The molecule has 1 N–H and O–H groups in total. The van der Waals surface area contributed by atoms with Gasteiger partial charge in [-0.2, -0.15) is 26.3 Å². The standard InChI is InChI=1S/C43H31F6NO6/c1-56-34-15-12-23(16-33(34)51)37-28-13-14-29-36(40(55)50(39(29)54)27-18-25(42(44,45)46)17-26(19-27)43(47,48)49)31(28)20-32-38(53)30(22-8-4-2-5-9-22)21-35(52)41(32,37)24-10-6-3-7-11-24/h2-13,15-19,21,29,31-32,36-37,51H,14,20H2,1H3/t29-,31+,32-,36-,37-,41-/m0/s1. The molecular weight excluding hydrogens is 740 g/mol. The lowest BCUT2D eigenvalue weighted by Gasteiger charge is -2.55. The fraction of sp³-hybridized carbons (Fsp3) is 0.256. The van der Waals surface area contributed by atoms with E-state index < -0.39 is 87.6 Å². The van der Waals surface area contributed by atoms with Gasteiger partial charge in [0.05, 0.1) is 41.2 Å². The summed E-state index contributed by atoms with van der Waals surface area (Å²) in [5.74, 6) is -8.65. The molecule has 0 radical (unpaired) electrons. The van der Waals surface area contributed by atoms with Crippen LogP contribution in [0.5, 0.6) is 11.5 Å². The van der Waals surface area contributed by atoms with Crippen LogP contribution in [0, 0.1) is 23.7 Å². The number of carbonyl (C=O) groups is 4. The number of hydrogen-bond acceptors (Lipinski definition) is 6. The van der Waals surface area contributed by atoms with Crippen LogP contribution in [0.15, 0.2) is 115 Å². The fourth-order valence-electron chi connectivity index (χ4n) is 9.46. The Hall–Kier alpha value is -5.98. The molecule has 1 heterocycles. The normalized spacial score (nSPS) is 26.3. The van der Waals surface area contributed by atoms with E-state index in [9.17, 15) is 41.0 Å². The third kappa shape index (κ3) is 5.57. The summed E-state index contributed by atoms with van der Waals surface area (Å²) in [6.45, 7) is 0. The third-order valence-electron chi connectivity index (χ3n) is 11.7. The maximum Gasteiger partial charge on any atom is 0.416 e. The average Bonchev–Trinajstić information content (AvgIpc) is 3.43. The van der Waals surface area contributed by atoms with Crippen molar-refractivity contribution in [3.8, 4) is 11.5 Å². The molecule has 7 nitrogen and oxygen atoms in total. The van der Waals surface area contributed by atoms with E-state index in [4.69, 9.17) is 4.74 Å². The van der Waals surface area contributed by atoms with Gasteiger partial charge in [0.15, 0.2) is 23.1 Å². The number of anilines is 1. The number of amides is 2. The van der Waals surface area contributed by atoms with Gasteiger partial charge in [-0.05, 0) is 71.9 Å². The SMILES string of the molecule is COc1ccc([C@H]2C3=CC[C@@H]4C(=O)N(c5cc(C(F)(F)F)cc(C(F)(F)F)c5)C(=O)[C@@H]4[C@@H]3C[C@H]3C(=O)C(c4ccccc4)=CC(=O)[C@@]23c2ccccc2)cc1O. The predicted octanol–water partition coefficient (Wildman–Crippen LogP) is 8.47. The Kier molecular flexibility index (Phi) is 8.62. The monoisotopic (exact) mass is 771 g/mol. The van der Waals surface area contributed by atoms with E-state index in [0.717, 1.165) is 0 Å². The number of halogens is 6. The van der Waals surface area contributed by atoms with E-state index in [2.05, 4.69) is 0 Å². The molecule has 13 heteroatoms. The van der Waals surface area contributed by atoms with Gasteiger partial charge in [-0.15, -0.1) is 0 Å². The van der Waals surface area contributed by atoms with Crippen molar-refractivity contribution in [3.63, 3.8) is 0 Å². The molecule has 0 unspecified atom stereocenters. The van der Waals surface area contributed by atoms with Crippen LogP contribution in [0.2, 0.25) is 0 Å². The number of Topliss-reactive ketones (excluding diaryl/α,β-unsaturated/α-hetero) is 1. The molecule has 2 amide bonds. The van der Waals surface area contributed by atoms with E-state index in [0.29, 0.717) is 39.3 Å². The lowest BCUT2D eigenvalue weighted by atomic mass is 9.44. The van der Waals surface area contributed by atoms with Crippen molar-refractivity contribution in [2.45, 2.75) is 36.5 Å². The van der Waals surface area contributed by atoms with Crippen molar-refractivity contribution < 1.29 is 55.4 Å². The van der Waals surface area contributed by atoms with E-state index in [1.54, 1.807) is 72.8 Å². The first-order chi connectivity index (χ1) is 26.6. The number of allylic oxidation sites excluding steroid dienone is 4.